The molecule has 3 fully saturated rings. The third-order valence-electron chi connectivity index (χ3n) is 4.91. The Labute approximate surface area is 116 Å². The van der Waals surface area contributed by atoms with Gasteiger partial charge in [0.15, 0.2) is 0 Å². The van der Waals surface area contributed by atoms with E-state index in [0.29, 0.717) is 18.1 Å². The van der Waals surface area contributed by atoms with Crippen molar-refractivity contribution < 1.29 is 14.2 Å². The molecule has 4 heteroatoms. The lowest BCUT2D eigenvalue weighted by Crippen LogP contribution is -2.51. The van der Waals surface area contributed by atoms with Crippen LogP contribution in [0.1, 0.15) is 39.0 Å². The molecule has 4 unspecified atom stereocenters. The minimum Gasteiger partial charge on any atom is -0.378 e. The number of rotatable bonds is 4. The predicted molar refractivity (Wildman–Crippen MR) is 73.3 cm³/mol. The van der Waals surface area contributed by atoms with Gasteiger partial charge in [0.05, 0.1) is 18.3 Å². The van der Waals surface area contributed by atoms with E-state index in [2.05, 4.69) is 12.2 Å². The molecule has 1 spiro atoms. The first kappa shape index (κ1) is 13.8. The van der Waals surface area contributed by atoms with E-state index in [-0.39, 0.29) is 5.60 Å². The van der Waals surface area contributed by atoms with Gasteiger partial charge in [0.2, 0.25) is 0 Å². The van der Waals surface area contributed by atoms with Crippen molar-refractivity contribution in [2.75, 3.05) is 33.0 Å². The smallest absolute Gasteiger partial charge is 0.0939 e. The van der Waals surface area contributed by atoms with Crippen LogP contribution in [0.3, 0.4) is 0 Å². The average Bonchev–Trinajstić information content (AvgIpc) is 3.08. The van der Waals surface area contributed by atoms with Crippen LogP contribution in [0, 0.1) is 5.92 Å². The zero-order chi connectivity index (χ0) is 13.1. The summed E-state index contributed by atoms with van der Waals surface area (Å²) in [6, 6.07) is 0.494. The molecule has 3 rings (SSSR count). The average molecular weight is 269 g/mol. The van der Waals surface area contributed by atoms with Crippen LogP contribution in [-0.4, -0.2) is 50.7 Å². The largest absolute Gasteiger partial charge is 0.378 e. The zero-order valence-electron chi connectivity index (χ0n) is 12.0. The van der Waals surface area contributed by atoms with Crippen molar-refractivity contribution in [1.82, 2.24) is 5.32 Å². The summed E-state index contributed by atoms with van der Waals surface area (Å²) in [4.78, 5) is 0. The SMILES string of the molecule is CCNC(C1CCOC2(CCOC2)C1)C1CCCO1. The van der Waals surface area contributed by atoms with Crippen LogP contribution in [0.4, 0.5) is 0 Å². The van der Waals surface area contributed by atoms with E-state index in [9.17, 15) is 0 Å². The number of nitrogens with one attached hydrogen (secondary N) is 1. The van der Waals surface area contributed by atoms with Gasteiger partial charge in [0, 0.05) is 32.3 Å². The lowest BCUT2D eigenvalue weighted by molar-refractivity contribution is -0.110. The predicted octanol–water partition coefficient (Wildman–Crippen LogP) is 1.73. The summed E-state index contributed by atoms with van der Waals surface area (Å²) in [5, 5.41) is 3.68. The second kappa shape index (κ2) is 6.08. The summed E-state index contributed by atoms with van der Waals surface area (Å²) in [6.45, 7) is 6.67. The summed E-state index contributed by atoms with van der Waals surface area (Å²) >= 11 is 0. The topological polar surface area (TPSA) is 39.7 Å². The lowest BCUT2D eigenvalue weighted by Gasteiger charge is -2.42. The molecule has 4 nitrogen and oxygen atoms in total. The van der Waals surface area contributed by atoms with Crippen LogP contribution in [-0.2, 0) is 14.2 Å². The molecule has 0 aliphatic carbocycles. The molecule has 0 aromatic carbocycles. The summed E-state index contributed by atoms with van der Waals surface area (Å²) in [5.74, 6) is 0.665. The van der Waals surface area contributed by atoms with E-state index in [1.54, 1.807) is 0 Å². The highest BCUT2D eigenvalue weighted by Gasteiger charge is 2.44. The van der Waals surface area contributed by atoms with E-state index in [1.807, 2.05) is 0 Å². The summed E-state index contributed by atoms with van der Waals surface area (Å²) in [6.07, 6.45) is 6.17. The number of ether oxygens (including phenoxy) is 3. The summed E-state index contributed by atoms with van der Waals surface area (Å²) in [7, 11) is 0. The van der Waals surface area contributed by atoms with Crippen molar-refractivity contribution >= 4 is 0 Å². The van der Waals surface area contributed by atoms with Crippen LogP contribution in [0.5, 0.6) is 0 Å². The highest BCUT2D eigenvalue weighted by molar-refractivity contribution is 4.96. The van der Waals surface area contributed by atoms with Crippen molar-refractivity contribution in [3.63, 3.8) is 0 Å². The molecule has 0 amide bonds. The number of likely N-dealkylation sites (N-methyl/N-ethyl adjacent to an activating group) is 1. The molecule has 110 valence electrons. The van der Waals surface area contributed by atoms with Gasteiger partial charge in [-0.25, -0.2) is 0 Å². The normalized spacial score (nSPS) is 40.9. The highest BCUT2D eigenvalue weighted by Crippen LogP contribution is 2.38. The molecule has 4 atom stereocenters. The fourth-order valence-electron chi connectivity index (χ4n) is 3.96. The standard InChI is InChI=1S/C15H27NO3/c1-2-16-14(13-4-3-7-18-13)12-5-8-19-15(10-12)6-9-17-11-15/h12-14,16H,2-11H2,1H3. The first-order valence-corrected chi connectivity index (χ1v) is 7.90. The Balaban J connectivity index is 1.66. The van der Waals surface area contributed by atoms with Gasteiger partial charge in [0.25, 0.3) is 0 Å². The van der Waals surface area contributed by atoms with Crippen molar-refractivity contribution in [3.05, 3.63) is 0 Å². The van der Waals surface area contributed by atoms with Crippen LogP contribution in [0.15, 0.2) is 0 Å². The molecule has 3 heterocycles. The molecule has 0 aromatic heterocycles. The molecule has 19 heavy (non-hydrogen) atoms. The molecular formula is C15H27NO3. The van der Waals surface area contributed by atoms with Gasteiger partial charge in [-0.3, -0.25) is 0 Å². The third kappa shape index (κ3) is 2.97. The molecule has 0 bridgehead atoms. The van der Waals surface area contributed by atoms with Crippen molar-refractivity contribution in [2.24, 2.45) is 5.92 Å². The van der Waals surface area contributed by atoms with Crippen LogP contribution < -0.4 is 5.32 Å². The van der Waals surface area contributed by atoms with Crippen LogP contribution in [0.2, 0.25) is 0 Å². The fourth-order valence-corrected chi connectivity index (χ4v) is 3.96. The zero-order valence-corrected chi connectivity index (χ0v) is 12.0. The Morgan fingerprint density at radius 3 is 2.89 bits per heavy atom. The first-order chi connectivity index (χ1) is 9.33. The quantitative estimate of drug-likeness (QED) is 0.844. The Morgan fingerprint density at radius 1 is 1.26 bits per heavy atom. The van der Waals surface area contributed by atoms with Gasteiger partial charge in [-0.2, -0.15) is 0 Å². The maximum atomic E-state index is 6.05. The fraction of sp³-hybridized carbons (Fsp3) is 1.00. The maximum Gasteiger partial charge on any atom is 0.0939 e. The van der Waals surface area contributed by atoms with E-state index < -0.39 is 0 Å². The number of hydrogen-bond donors (Lipinski definition) is 1. The van der Waals surface area contributed by atoms with Gasteiger partial charge >= 0.3 is 0 Å². The van der Waals surface area contributed by atoms with E-state index in [0.717, 1.165) is 52.2 Å². The van der Waals surface area contributed by atoms with Gasteiger partial charge < -0.3 is 19.5 Å². The number of hydrogen-bond acceptors (Lipinski definition) is 4. The molecule has 0 aromatic rings. The van der Waals surface area contributed by atoms with Crippen LogP contribution >= 0.6 is 0 Å². The van der Waals surface area contributed by atoms with Gasteiger partial charge in [-0.15, -0.1) is 0 Å². The monoisotopic (exact) mass is 269 g/mol. The molecule has 1 N–H and O–H groups in total. The van der Waals surface area contributed by atoms with E-state index in [1.165, 1.54) is 12.8 Å². The molecule has 0 saturated carbocycles. The van der Waals surface area contributed by atoms with E-state index >= 15 is 0 Å². The Bertz CT molecular complexity index is 285. The Hall–Kier alpha value is -0.160. The van der Waals surface area contributed by atoms with Crippen molar-refractivity contribution in [3.8, 4) is 0 Å². The minimum absolute atomic E-state index is 0.00912. The van der Waals surface area contributed by atoms with Crippen molar-refractivity contribution in [2.45, 2.75) is 56.8 Å². The van der Waals surface area contributed by atoms with Gasteiger partial charge in [-0.1, -0.05) is 6.92 Å². The third-order valence-corrected chi connectivity index (χ3v) is 4.91. The van der Waals surface area contributed by atoms with Crippen molar-refractivity contribution in [1.29, 1.82) is 0 Å². The molecule has 3 aliphatic heterocycles. The molecule has 3 aliphatic rings. The maximum absolute atomic E-state index is 6.05. The molecule has 3 saturated heterocycles. The minimum atomic E-state index is 0.00912. The Kier molecular flexibility index (Phi) is 4.42. The van der Waals surface area contributed by atoms with Crippen LogP contribution in [0.25, 0.3) is 0 Å². The molecular weight excluding hydrogens is 242 g/mol. The Morgan fingerprint density at radius 2 is 2.21 bits per heavy atom. The summed E-state index contributed by atoms with van der Waals surface area (Å²) < 4.78 is 17.6. The van der Waals surface area contributed by atoms with Gasteiger partial charge in [0.1, 0.15) is 0 Å². The second-order valence-corrected chi connectivity index (χ2v) is 6.22. The first-order valence-electron chi connectivity index (χ1n) is 7.90. The second-order valence-electron chi connectivity index (χ2n) is 6.22. The lowest BCUT2D eigenvalue weighted by atomic mass is 9.79. The van der Waals surface area contributed by atoms with Gasteiger partial charge in [-0.05, 0) is 38.1 Å². The van der Waals surface area contributed by atoms with E-state index in [4.69, 9.17) is 14.2 Å². The summed E-state index contributed by atoms with van der Waals surface area (Å²) in [5.41, 5.74) is 0.00912. The highest BCUT2D eigenvalue weighted by atomic mass is 16.6. The molecule has 0 radical (unpaired) electrons.